The molecule has 1 nitrogen and oxygen atoms in total. The minimum absolute atomic E-state index is 0.522. The molecule has 0 saturated heterocycles. The van der Waals surface area contributed by atoms with Gasteiger partial charge in [-0.05, 0) is 18.1 Å². The van der Waals surface area contributed by atoms with Crippen LogP contribution in [0.15, 0.2) is 24.3 Å². The van der Waals surface area contributed by atoms with Crippen LogP contribution in [0, 0.1) is 6.92 Å². The Labute approximate surface area is 71.6 Å². The summed E-state index contributed by atoms with van der Waals surface area (Å²) in [5.41, 5.74) is 1.51. The monoisotopic (exact) mass is 170 g/mol. The second kappa shape index (κ2) is 3.74. The lowest BCUT2D eigenvalue weighted by Crippen LogP contribution is -2.02. The molecule has 1 unspecified atom stereocenters. The van der Waals surface area contributed by atoms with Gasteiger partial charge < -0.3 is 5.11 Å². The second-order valence-corrected chi connectivity index (χ2v) is 3.07. The number of rotatable bonds is 2. The highest BCUT2D eigenvalue weighted by Crippen LogP contribution is 2.10. The van der Waals surface area contributed by atoms with Gasteiger partial charge in [-0.1, -0.05) is 35.9 Å². The highest BCUT2D eigenvalue weighted by molar-refractivity contribution is 6.19. The molecule has 60 valence electrons. The predicted molar refractivity (Wildman–Crippen MR) is 46.7 cm³/mol. The predicted octanol–water partition coefficient (Wildman–Crippen LogP) is 2.09. The first-order chi connectivity index (χ1) is 5.20. The molecule has 1 aromatic rings. The molecule has 0 aliphatic rings. The van der Waals surface area contributed by atoms with Crippen LogP contribution < -0.4 is 0 Å². The zero-order chi connectivity index (χ0) is 8.27. The third kappa shape index (κ3) is 2.52. The highest BCUT2D eigenvalue weighted by atomic mass is 35.5. The molecule has 0 spiro atoms. The topological polar surface area (TPSA) is 20.2 Å². The molecule has 1 rings (SSSR count). The number of alkyl halides is 1. The SMILES string of the molecule is Cc1ccccc1CC(O)Cl. The molecule has 0 radical (unpaired) electrons. The minimum atomic E-state index is -0.768. The number of aliphatic hydroxyl groups is 1. The van der Waals surface area contributed by atoms with Gasteiger partial charge in [-0.3, -0.25) is 0 Å². The van der Waals surface area contributed by atoms with Crippen molar-refractivity contribution in [3.63, 3.8) is 0 Å². The molecule has 0 heterocycles. The fraction of sp³-hybridized carbons (Fsp3) is 0.333. The summed E-state index contributed by atoms with van der Waals surface area (Å²) >= 11 is 5.44. The van der Waals surface area contributed by atoms with Gasteiger partial charge in [-0.15, -0.1) is 0 Å². The summed E-state index contributed by atoms with van der Waals surface area (Å²) < 4.78 is 0. The Morgan fingerprint density at radius 2 is 2.09 bits per heavy atom. The fourth-order valence-electron chi connectivity index (χ4n) is 1.02. The molecular formula is C9H11ClO. The summed E-state index contributed by atoms with van der Waals surface area (Å²) in [6.07, 6.45) is 0.522. The summed E-state index contributed by atoms with van der Waals surface area (Å²) in [7, 11) is 0. The number of hydrogen-bond acceptors (Lipinski definition) is 1. The Kier molecular flexibility index (Phi) is 2.92. The fourth-order valence-corrected chi connectivity index (χ4v) is 1.19. The van der Waals surface area contributed by atoms with Gasteiger partial charge in [0.15, 0.2) is 0 Å². The largest absolute Gasteiger partial charge is 0.377 e. The van der Waals surface area contributed by atoms with Crippen molar-refractivity contribution >= 4 is 11.6 Å². The number of aryl methyl sites for hydroxylation is 1. The van der Waals surface area contributed by atoms with Crippen LogP contribution in [0.3, 0.4) is 0 Å². The van der Waals surface area contributed by atoms with Crippen LogP contribution in [0.25, 0.3) is 0 Å². The quantitative estimate of drug-likeness (QED) is 0.674. The van der Waals surface area contributed by atoms with Crippen molar-refractivity contribution in [1.82, 2.24) is 0 Å². The van der Waals surface area contributed by atoms with Crippen LogP contribution in [0.5, 0.6) is 0 Å². The molecule has 2 heteroatoms. The van der Waals surface area contributed by atoms with Crippen molar-refractivity contribution in [2.24, 2.45) is 0 Å². The molecule has 0 aliphatic heterocycles. The zero-order valence-corrected chi connectivity index (χ0v) is 7.17. The van der Waals surface area contributed by atoms with Crippen molar-refractivity contribution in [3.8, 4) is 0 Å². The summed E-state index contributed by atoms with van der Waals surface area (Å²) in [4.78, 5) is 0. The van der Waals surface area contributed by atoms with Crippen LogP contribution in [-0.4, -0.2) is 10.7 Å². The number of benzene rings is 1. The third-order valence-corrected chi connectivity index (χ3v) is 1.80. The summed E-state index contributed by atoms with van der Waals surface area (Å²) in [6.45, 7) is 2.01. The van der Waals surface area contributed by atoms with Gasteiger partial charge in [0.2, 0.25) is 0 Å². The Morgan fingerprint density at radius 1 is 1.45 bits per heavy atom. The first kappa shape index (κ1) is 8.57. The summed E-state index contributed by atoms with van der Waals surface area (Å²) in [5.74, 6) is 0. The van der Waals surface area contributed by atoms with Crippen molar-refractivity contribution in [1.29, 1.82) is 0 Å². The smallest absolute Gasteiger partial charge is 0.132 e. The molecule has 1 N–H and O–H groups in total. The molecule has 0 saturated carbocycles. The van der Waals surface area contributed by atoms with Gasteiger partial charge >= 0.3 is 0 Å². The number of aliphatic hydroxyl groups excluding tert-OH is 1. The maximum absolute atomic E-state index is 8.90. The normalized spacial score (nSPS) is 13.0. The van der Waals surface area contributed by atoms with Gasteiger partial charge in [-0.25, -0.2) is 0 Å². The van der Waals surface area contributed by atoms with Crippen LogP contribution in [0.4, 0.5) is 0 Å². The van der Waals surface area contributed by atoms with E-state index in [9.17, 15) is 0 Å². The van der Waals surface area contributed by atoms with Crippen LogP contribution in [0.1, 0.15) is 11.1 Å². The van der Waals surface area contributed by atoms with Crippen LogP contribution in [0.2, 0.25) is 0 Å². The van der Waals surface area contributed by atoms with Gasteiger partial charge in [-0.2, -0.15) is 0 Å². The Morgan fingerprint density at radius 3 is 2.64 bits per heavy atom. The van der Waals surface area contributed by atoms with Crippen molar-refractivity contribution in [2.75, 3.05) is 0 Å². The van der Waals surface area contributed by atoms with Gasteiger partial charge in [0.05, 0.1) is 0 Å². The molecule has 0 aromatic heterocycles. The van der Waals surface area contributed by atoms with E-state index in [4.69, 9.17) is 16.7 Å². The van der Waals surface area contributed by atoms with Gasteiger partial charge in [0.1, 0.15) is 5.56 Å². The Bertz CT molecular complexity index is 233. The van der Waals surface area contributed by atoms with Crippen LogP contribution in [-0.2, 0) is 6.42 Å². The molecule has 0 aliphatic carbocycles. The molecule has 0 bridgehead atoms. The second-order valence-electron chi connectivity index (χ2n) is 2.57. The van der Waals surface area contributed by atoms with E-state index in [1.807, 2.05) is 31.2 Å². The number of hydrogen-bond donors (Lipinski definition) is 1. The first-order valence-corrected chi connectivity index (χ1v) is 4.00. The average Bonchev–Trinajstić information content (AvgIpc) is 1.93. The van der Waals surface area contributed by atoms with E-state index in [0.29, 0.717) is 6.42 Å². The van der Waals surface area contributed by atoms with Gasteiger partial charge in [0.25, 0.3) is 0 Å². The lowest BCUT2D eigenvalue weighted by atomic mass is 10.1. The molecule has 11 heavy (non-hydrogen) atoms. The van der Waals surface area contributed by atoms with E-state index in [-0.39, 0.29) is 0 Å². The lowest BCUT2D eigenvalue weighted by Gasteiger charge is -2.05. The molecule has 1 atom stereocenters. The molecular weight excluding hydrogens is 160 g/mol. The summed E-state index contributed by atoms with van der Waals surface area (Å²) in [6, 6.07) is 7.90. The van der Waals surface area contributed by atoms with Crippen molar-refractivity contribution in [3.05, 3.63) is 35.4 Å². The van der Waals surface area contributed by atoms with E-state index in [1.165, 1.54) is 5.56 Å². The maximum Gasteiger partial charge on any atom is 0.132 e. The molecule has 0 fully saturated rings. The Hall–Kier alpha value is -0.530. The maximum atomic E-state index is 8.90. The minimum Gasteiger partial charge on any atom is -0.377 e. The van der Waals surface area contributed by atoms with E-state index < -0.39 is 5.56 Å². The lowest BCUT2D eigenvalue weighted by molar-refractivity contribution is 0.257. The van der Waals surface area contributed by atoms with E-state index >= 15 is 0 Å². The van der Waals surface area contributed by atoms with E-state index in [2.05, 4.69) is 0 Å². The van der Waals surface area contributed by atoms with E-state index in [1.54, 1.807) is 0 Å². The highest BCUT2D eigenvalue weighted by Gasteiger charge is 2.01. The first-order valence-electron chi connectivity index (χ1n) is 3.57. The average molecular weight is 171 g/mol. The van der Waals surface area contributed by atoms with Crippen molar-refractivity contribution in [2.45, 2.75) is 18.9 Å². The molecule has 1 aromatic carbocycles. The van der Waals surface area contributed by atoms with Crippen molar-refractivity contribution < 1.29 is 5.11 Å². The number of halogens is 1. The standard InChI is InChI=1S/C9H11ClO/c1-7-4-2-3-5-8(7)6-9(10)11/h2-5,9,11H,6H2,1H3. The van der Waals surface area contributed by atoms with Gasteiger partial charge in [0, 0.05) is 6.42 Å². The summed E-state index contributed by atoms with van der Waals surface area (Å²) in [5, 5.41) is 8.90. The Balaban J connectivity index is 2.78. The third-order valence-electron chi connectivity index (χ3n) is 1.65. The zero-order valence-electron chi connectivity index (χ0n) is 6.42. The van der Waals surface area contributed by atoms with E-state index in [0.717, 1.165) is 5.56 Å². The van der Waals surface area contributed by atoms with Crippen LogP contribution >= 0.6 is 11.6 Å². The molecule has 0 amide bonds.